The third kappa shape index (κ3) is 4.00. The summed E-state index contributed by atoms with van der Waals surface area (Å²) in [5.41, 5.74) is 2.01. The molecule has 0 radical (unpaired) electrons. The minimum atomic E-state index is 0.146. The van der Waals surface area contributed by atoms with Gasteiger partial charge in [0.1, 0.15) is 11.6 Å². The van der Waals surface area contributed by atoms with Crippen molar-refractivity contribution in [3.8, 4) is 11.8 Å². The second-order valence-electron chi connectivity index (χ2n) is 5.89. The number of unbranched alkanes of at least 4 members (excludes halogenated alkanes) is 3. The van der Waals surface area contributed by atoms with Crippen molar-refractivity contribution in [2.45, 2.75) is 65.5 Å². The van der Waals surface area contributed by atoms with Gasteiger partial charge >= 0.3 is 0 Å². The van der Waals surface area contributed by atoms with Crippen LogP contribution in [0.1, 0.15) is 52.3 Å². The van der Waals surface area contributed by atoms with Crippen LogP contribution in [0.5, 0.6) is 5.75 Å². The Hall–Kier alpha value is -2.02. The summed E-state index contributed by atoms with van der Waals surface area (Å²) in [4.78, 5) is 4.63. The average molecular weight is 299 g/mol. The van der Waals surface area contributed by atoms with E-state index in [2.05, 4.69) is 28.6 Å². The van der Waals surface area contributed by atoms with Gasteiger partial charge in [0, 0.05) is 12.6 Å². The smallest absolute Gasteiger partial charge is 0.124 e. The SMILES string of the molecule is CCCCCCn1c(CC#N)nc2cc(OC(C)C)ccc21. The fraction of sp³-hybridized carbons (Fsp3) is 0.556. The molecule has 0 saturated carbocycles. The van der Waals surface area contributed by atoms with Crippen LogP contribution in [0, 0.1) is 11.3 Å². The second kappa shape index (κ2) is 7.84. The predicted octanol–water partition coefficient (Wildman–Crippen LogP) is 4.47. The number of imidazole rings is 1. The van der Waals surface area contributed by atoms with Gasteiger partial charge in [-0.05, 0) is 32.4 Å². The van der Waals surface area contributed by atoms with Gasteiger partial charge < -0.3 is 9.30 Å². The van der Waals surface area contributed by atoms with Crippen LogP contribution in [0.3, 0.4) is 0 Å². The molecule has 0 bridgehead atoms. The molecule has 0 aliphatic carbocycles. The number of nitriles is 1. The molecule has 22 heavy (non-hydrogen) atoms. The highest BCUT2D eigenvalue weighted by atomic mass is 16.5. The molecule has 0 fully saturated rings. The first-order chi connectivity index (χ1) is 10.7. The molecule has 0 spiro atoms. The Morgan fingerprint density at radius 1 is 1.27 bits per heavy atom. The second-order valence-corrected chi connectivity index (χ2v) is 5.89. The molecule has 4 heteroatoms. The molecule has 0 unspecified atom stereocenters. The molecule has 1 aromatic heterocycles. The van der Waals surface area contributed by atoms with Crippen LogP contribution < -0.4 is 4.74 Å². The van der Waals surface area contributed by atoms with Crippen molar-refractivity contribution in [2.24, 2.45) is 0 Å². The zero-order valence-corrected chi connectivity index (χ0v) is 13.8. The minimum Gasteiger partial charge on any atom is -0.491 e. The zero-order chi connectivity index (χ0) is 15.9. The van der Waals surface area contributed by atoms with Crippen LogP contribution in [0.4, 0.5) is 0 Å². The van der Waals surface area contributed by atoms with Gasteiger partial charge in [-0.15, -0.1) is 0 Å². The van der Waals surface area contributed by atoms with E-state index in [1.165, 1.54) is 19.3 Å². The summed E-state index contributed by atoms with van der Waals surface area (Å²) in [6, 6.07) is 8.24. The summed E-state index contributed by atoms with van der Waals surface area (Å²) < 4.78 is 7.92. The first kappa shape index (κ1) is 16.4. The van der Waals surface area contributed by atoms with Gasteiger partial charge in [-0.1, -0.05) is 26.2 Å². The van der Waals surface area contributed by atoms with Gasteiger partial charge in [0.25, 0.3) is 0 Å². The molecule has 118 valence electrons. The molecular formula is C18H25N3O. The molecule has 0 saturated heterocycles. The van der Waals surface area contributed by atoms with Crippen molar-refractivity contribution >= 4 is 11.0 Å². The molecule has 0 amide bonds. The van der Waals surface area contributed by atoms with E-state index in [0.717, 1.165) is 35.6 Å². The molecule has 4 nitrogen and oxygen atoms in total. The summed E-state index contributed by atoms with van der Waals surface area (Å²) >= 11 is 0. The lowest BCUT2D eigenvalue weighted by atomic mass is 10.2. The van der Waals surface area contributed by atoms with Crippen LogP contribution in [0.2, 0.25) is 0 Å². The van der Waals surface area contributed by atoms with Crippen molar-refractivity contribution < 1.29 is 4.74 Å². The molecule has 0 atom stereocenters. The highest BCUT2D eigenvalue weighted by Gasteiger charge is 2.11. The first-order valence-electron chi connectivity index (χ1n) is 8.18. The van der Waals surface area contributed by atoms with Crippen molar-refractivity contribution in [1.82, 2.24) is 9.55 Å². The Labute approximate surface area is 132 Å². The maximum absolute atomic E-state index is 9.02. The number of aromatic nitrogens is 2. The van der Waals surface area contributed by atoms with Gasteiger partial charge in [-0.2, -0.15) is 5.26 Å². The maximum atomic E-state index is 9.02. The molecule has 2 aromatic rings. The number of hydrogen-bond acceptors (Lipinski definition) is 3. The van der Waals surface area contributed by atoms with E-state index in [-0.39, 0.29) is 6.10 Å². The largest absolute Gasteiger partial charge is 0.491 e. The van der Waals surface area contributed by atoms with Crippen LogP contribution in [-0.4, -0.2) is 15.7 Å². The highest BCUT2D eigenvalue weighted by molar-refractivity contribution is 5.78. The third-order valence-corrected chi connectivity index (χ3v) is 3.64. The molecular weight excluding hydrogens is 274 g/mol. The van der Waals surface area contributed by atoms with Crippen LogP contribution >= 0.6 is 0 Å². The Morgan fingerprint density at radius 2 is 2.09 bits per heavy atom. The highest BCUT2D eigenvalue weighted by Crippen LogP contribution is 2.23. The Kier molecular flexibility index (Phi) is 5.83. The summed E-state index contributed by atoms with van der Waals surface area (Å²) in [5.74, 6) is 1.69. The first-order valence-corrected chi connectivity index (χ1v) is 8.18. The normalized spacial score (nSPS) is 11.0. The van der Waals surface area contributed by atoms with E-state index in [9.17, 15) is 0 Å². The lowest BCUT2D eigenvalue weighted by Gasteiger charge is -2.10. The summed E-state index contributed by atoms with van der Waals surface area (Å²) in [6.45, 7) is 7.16. The molecule has 1 heterocycles. The number of rotatable bonds is 8. The summed E-state index contributed by atoms with van der Waals surface area (Å²) in [5, 5.41) is 9.02. The van der Waals surface area contributed by atoms with Gasteiger partial charge in [-0.25, -0.2) is 4.98 Å². The molecule has 0 aliphatic heterocycles. The van der Waals surface area contributed by atoms with Crippen molar-refractivity contribution in [2.75, 3.05) is 0 Å². The fourth-order valence-electron chi connectivity index (χ4n) is 2.66. The predicted molar refractivity (Wildman–Crippen MR) is 89.0 cm³/mol. The molecule has 0 aliphatic rings. The fourth-order valence-corrected chi connectivity index (χ4v) is 2.66. The summed E-state index contributed by atoms with van der Waals surface area (Å²) in [6.07, 6.45) is 5.33. The van der Waals surface area contributed by atoms with Gasteiger partial charge in [0.2, 0.25) is 0 Å². The molecule has 0 N–H and O–H groups in total. The number of nitrogens with zero attached hydrogens (tertiary/aromatic N) is 3. The Balaban J connectivity index is 2.27. The van der Waals surface area contributed by atoms with Crippen molar-refractivity contribution in [3.05, 3.63) is 24.0 Å². The van der Waals surface area contributed by atoms with Gasteiger partial charge in [0.15, 0.2) is 0 Å². The number of benzene rings is 1. The Morgan fingerprint density at radius 3 is 2.77 bits per heavy atom. The molecule has 1 aromatic carbocycles. The van der Waals surface area contributed by atoms with Crippen LogP contribution in [-0.2, 0) is 13.0 Å². The van der Waals surface area contributed by atoms with E-state index < -0.39 is 0 Å². The standard InChI is InChI=1S/C18H25N3O/c1-4-5-6-7-12-21-17-9-8-15(22-14(2)3)13-16(17)20-18(21)10-11-19/h8-9,13-14H,4-7,10,12H2,1-3H3. The number of aryl methyl sites for hydroxylation is 1. The van der Waals surface area contributed by atoms with E-state index >= 15 is 0 Å². The quantitative estimate of drug-likeness (QED) is 0.676. The number of hydrogen-bond donors (Lipinski definition) is 0. The summed E-state index contributed by atoms with van der Waals surface area (Å²) in [7, 11) is 0. The monoisotopic (exact) mass is 299 g/mol. The van der Waals surface area contributed by atoms with Crippen molar-refractivity contribution in [1.29, 1.82) is 5.26 Å². The lowest BCUT2D eigenvalue weighted by Crippen LogP contribution is -2.05. The lowest BCUT2D eigenvalue weighted by molar-refractivity contribution is 0.242. The average Bonchev–Trinajstić information content (AvgIpc) is 2.80. The van der Waals surface area contributed by atoms with Gasteiger partial charge in [-0.3, -0.25) is 0 Å². The van der Waals surface area contributed by atoms with Crippen molar-refractivity contribution in [3.63, 3.8) is 0 Å². The van der Waals surface area contributed by atoms with E-state index in [0.29, 0.717) is 6.42 Å². The zero-order valence-electron chi connectivity index (χ0n) is 13.8. The van der Waals surface area contributed by atoms with Crippen LogP contribution in [0.15, 0.2) is 18.2 Å². The van der Waals surface area contributed by atoms with E-state index in [1.807, 2.05) is 26.0 Å². The molecule has 2 rings (SSSR count). The van der Waals surface area contributed by atoms with E-state index in [1.54, 1.807) is 0 Å². The van der Waals surface area contributed by atoms with E-state index in [4.69, 9.17) is 10.00 Å². The maximum Gasteiger partial charge on any atom is 0.124 e. The van der Waals surface area contributed by atoms with Gasteiger partial charge in [0.05, 0.1) is 29.6 Å². The topological polar surface area (TPSA) is 50.8 Å². The number of ether oxygens (including phenoxy) is 1. The minimum absolute atomic E-state index is 0.146. The van der Waals surface area contributed by atoms with Crippen LogP contribution in [0.25, 0.3) is 11.0 Å². The third-order valence-electron chi connectivity index (χ3n) is 3.64. The Bertz CT molecular complexity index is 652. The number of fused-ring (bicyclic) bond motifs is 1.